The zero-order valence-electron chi connectivity index (χ0n) is 13.6. The number of rotatable bonds is 4. The van der Waals surface area contributed by atoms with Crippen LogP contribution in [-0.2, 0) is 0 Å². The van der Waals surface area contributed by atoms with Crippen molar-refractivity contribution in [2.45, 2.75) is 18.5 Å². The number of alkyl halides is 1. The number of nitrogens with zero attached hydrogens (tertiary/aromatic N) is 1. The molecule has 0 spiro atoms. The minimum absolute atomic E-state index is 0. The summed E-state index contributed by atoms with van der Waals surface area (Å²) in [6.45, 7) is 0.839. The van der Waals surface area contributed by atoms with Crippen molar-refractivity contribution in [1.82, 2.24) is 4.90 Å². The zero-order valence-corrected chi connectivity index (χ0v) is 15.2. The smallest absolute Gasteiger partial charge is 0.164 e. The Bertz CT molecular complexity index is 706. The second-order valence-electron chi connectivity index (χ2n) is 6.02. The highest BCUT2D eigenvalue weighted by Crippen LogP contribution is 2.38. The van der Waals surface area contributed by atoms with Crippen molar-refractivity contribution >= 4 is 29.8 Å². The monoisotopic (exact) mass is 364 g/mol. The van der Waals surface area contributed by atoms with E-state index in [1.165, 1.54) is 5.56 Å². The van der Waals surface area contributed by atoms with Crippen LogP contribution in [0, 0.1) is 0 Å². The van der Waals surface area contributed by atoms with Gasteiger partial charge in [0.15, 0.2) is 5.78 Å². The van der Waals surface area contributed by atoms with Crippen LogP contribution in [0.2, 0.25) is 0 Å². The zero-order chi connectivity index (χ0) is 16.4. The second kappa shape index (κ2) is 8.13. The van der Waals surface area contributed by atoms with E-state index in [4.69, 9.17) is 17.3 Å². The average Bonchev–Trinajstić information content (AvgIpc) is 2.58. The standard InChI is InChI=1S/C19H21ClN2O.ClH/c1-22-12-16(13-6-3-2-4-7-13)14-8-5-9-15(17(23)10-11-20)18(14)19(22)21;/h2-9,16,19H,10-12,21H2,1H3;1H. The van der Waals surface area contributed by atoms with Gasteiger partial charge in [-0.1, -0.05) is 48.5 Å². The van der Waals surface area contributed by atoms with E-state index in [2.05, 4.69) is 23.1 Å². The molecule has 1 aliphatic heterocycles. The first kappa shape index (κ1) is 18.9. The van der Waals surface area contributed by atoms with Crippen molar-refractivity contribution < 1.29 is 4.79 Å². The number of benzene rings is 2. The summed E-state index contributed by atoms with van der Waals surface area (Å²) in [6, 6.07) is 16.3. The molecule has 0 bridgehead atoms. The van der Waals surface area contributed by atoms with Gasteiger partial charge in [0.25, 0.3) is 0 Å². The lowest BCUT2D eigenvalue weighted by molar-refractivity contribution is 0.0984. The van der Waals surface area contributed by atoms with Gasteiger partial charge in [-0.05, 0) is 23.7 Å². The summed E-state index contributed by atoms with van der Waals surface area (Å²) in [7, 11) is 2.01. The molecule has 0 amide bonds. The molecule has 2 aromatic carbocycles. The Kier molecular flexibility index (Phi) is 6.41. The first-order valence-electron chi connectivity index (χ1n) is 7.86. The number of likely N-dealkylation sites (N-methyl/N-ethyl adjacent to an activating group) is 1. The van der Waals surface area contributed by atoms with Gasteiger partial charge < -0.3 is 5.73 Å². The van der Waals surface area contributed by atoms with E-state index in [0.717, 1.165) is 17.7 Å². The molecule has 0 aliphatic carbocycles. The van der Waals surface area contributed by atoms with Gasteiger partial charge >= 0.3 is 0 Å². The number of halogens is 2. The first-order chi connectivity index (χ1) is 11.1. The molecule has 2 atom stereocenters. The Morgan fingerprint density at radius 3 is 2.58 bits per heavy atom. The highest BCUT2D eigenvalue weighted by molar-refractivity contribution is 6.19. The van der Waals surface area contributed by atoms with Crippen LogP contribution >= 0.6 is 24.0 Å². The maximum Gasteiger partial charge on any atom is 0.164 e. The van der Waals surface area contributed by atoms with Gasteiger partial charge in [0.2, 0.25) is 0 Å². The van der Waals surface area contributed by atoms with Crippen molar-refractivity contribution in [2.75, 3.05) is 19.5 Å². The van der Waals surface area contributed by atoms with Crippen LogP contribution < -0.4 is 5.73 Å². The lowest BCUT2D eigenvalue weighted by Crippen LogP contribution is -2.41. The van der Waals surface area contributed by atoms with Crippen molar-refractivity contribution in [3.63, 3.8) is 0 Å². The third-order valence-electron chi connectivity index (χ3n) is 4.58. The van der Waals surface area contributed by atoms with Gasteiger partial charge in [-0.25, -0.2) is 0 Å². The lowest BCUT2D eigenvalue weighted by Gasteiger charge is -2.38. The molecule has 1 aliphatic rings. The maximum atomic E-state index is 12.5. The molecule has 0 saturated heterocycles. The minimum atomic E-state index is -0.263. The third-order valence-corrected chi connectivity index (χ3v) is 4.77. The van der Waals surface area contributed by atoms with E-state index in [0.29, 0.717) is 17.9 Å². The molecule has 3 nitrogen and oxygen atoms in total. The Morgan fingerprint density at radius 1 is 1.21 bits per heavy atom. The van der Waals surface area contributed by atoms with Crippen molar-refractivity contribution in [3.8, 4) is 0 Å². The fourth-order valence-corrected chi connectivity index (χ4v) is 3.54. The number of carbonyl (C=O) groups excluding carboxylic acids is 1. The van der Waals surface area contributed by atoms with Crippen LogP contribution in [0.25, 0.3) is 0 Å². The lowest BCUT2D eigenvalue weighted by atomic mass is 9.81. The maximum absolute atomic E-state index is 12.5. The van der Waals surface area contributed by atoms with E-state index >= 15 is 0 Å². The number of nitrogens with two attached hydrogens (primary N) is 1. The highest BCUT2D eigenvalue weighted by atomic mass is 35.5. The van der Waals surface area contributed by atoms with E-state index in [9.17, 15) is 4.79 Å². The minimum Gasteiger partial charge on any atom is -0.312 e. The van der Waals surface area contributed by atoms with Gasteiger partial charge in [0.1, 0.15) is 0 Å². The number of carbonyl (C=O) groups is 1. The number of hydrogen-bond donors (Lipinski definition) is 1. The van der Waals surface area contributed by atoms with E-state index in [-0.39, 0.29) is 30.3 Å². The molecule has 0 radical (unpaired) electrons. The molecule has 128 valence electrons. The van der Waals surface area contributed by atoms with Crippen molar-refractivity contribution in [3.05, 3.63) is 70.8 Å². The number of fused-ring (bicyclic) bond motifs is 1. The summed E-state index contributed by atoms with van der Waals surface area (Å²) in [5.74, 6) is 0.615. The first-order valence-corrected chi connectivity index (χ1v) is 8.39. The summed E-state index contributed by atoms with van der Waals surface area (Å²) >= 11 is 5.76. The molecule has 0 fully saturated rings. The molecule has 2 unspecified atom stereocenters. The Morgan fingerprint density at radius 2 is 1.92 bits per heavy atom. The molecule has 2 N–H and O–H groups in total. The summed E-state index contributed by atoms with van der Waals surface area (Å²) in [5.41, 5.74) is 10.5. The molecule has 1 heterocycles. The second-order valence-corrected chi connectivity index (χ2v) is 6.40. The van der Waals surface area contributed by atoms with Crippen molar-refractivity contribution in [2.24, 2.45) is 5.73 Å². The Balaban J connectivity index is 0.00000208. The summed E-state index contributed by atoms with van der Waals surface area (Å²) < 4.78 is 0. The van der Waals surface area contributed by atoms with E-state index in [1.54, 1.807) is 0 Å². The third kappa shape index (κ3) is 3.50. The fourth-order valence-electron chi connectivity index (χ4n) is 3.37. The molecule has 5 heteroatoms. The average molecular weight is 365 g/mol. The molecule has 0 aromatic heterocycles. The molecule has 2 aromatic rings. The van der Waals surface area contributed by atoms with Gasteiger partial charge in [0, 0.05) is 30.3 Å². The normalized spacial score (nSPS) is 20.1. The number of hydrogen-bond acceptors (Lipinski definition) is 3. The molecule has 24 heavy (non-hydrogen) atoms. The highest BCUT2D eigenvalue weighted by Gasteiger charge is 2.32. The molecular formula is C19H22Cl2N2O. The van der Waals surface area contributed by atoms with Crippen LogP contribution in [-0.4, -0.2) is 30.2 Å². The number of Topliss-reactive ketones (excluding diaryl/α,β-unsaturated/α-hetero) is 1. The van der Waals surface area contributed by atoms with Crippen LogP contribution in [0.1, 0.15) is 45.6 Å². The molecule has 0 saturated carbocycles. The van der Waals surface area contributed by atoms with Gasteiger partial charge in [-0.2, -0.15) is 0 Å². The molecule has 3 rings (SSSR count). The quantitative estimate of drug-likeness (QED) is 0.659. The van der Waals surface area contributed by atoms with Crippen molar-refractivity contribution in [1.29, 1.82) is 0 Å². The Labute approximate surface area is 154 Å². The SMILES string of the molecule is CN1CC(c2ccccc2)c2cccc(C(=O)CCCl)c2C1N.Cl. The predicted molar refractivity (Wildman–Crippen MR) is 101 cm³/mol. The Hall–Kier alpha value is -1.39. The summed E-state index contributed by atoms with van der Waals surface area (Å²) in [5, 5.41) is 0. The fraction of sp³-hybridized carbons (Fsp3) is 0.316. The van der Waals surface area contributed by atoms with Crippen LogP contribution in [0.5, 0.6) is 0 Å². The van der Waals surface area contributed by atoms with Gasteiger partial charge in [-0.3, -0.25) is 9.69 Å². The van der Waals surface area contributed by atoms with E-state index in [1.807, 2.05) is 37.4 Å². The largest absolute Gasteiger partial charge is 0.312 e. The van der Waals surface area contributed by atoms with Crippen LogP contribution in [0.3, 0.4) is 0 Å². The van der Waals surface area contributed by atoms with Gasteiger partial charge in [-0.15, -0.1) is 24.0 Å². The van der Waals surface area contributed by atoms with Crippen LogP contribution in [0.15, 0.2) is 48.5 Å². The van der Waals surface area contributed by atoms with E-state index < -0.39 is 0 Å². The van der Waals surface area contributed by atoms with Crippen LogP contribution in [0.4, 0.5) is 0 Å². The predicted octanol–water partition coefficient (Wildman–Crippen LogP) is 3.95. The molecular weight excluding hydrogens is 343 g/mol. The summed E-state index contributed by atoms with van der Waals surface area (Å²) in [6.07, 6.45) is 0.0743. The topological polar surface area (TPSA) is 46.3 Å². The summed E-state index contributed by atoms with van der Waals surface area (Å²) in [4.78, 5) is 14.6. The van der Waals surface area contributed by atoms with Gasteiger partial charge in [0.05, 0.1) is 6.17 Å². The number of ketones is 1.